The van der Waals surface area contributed by atoms with E-state index in [1.165, 1.54) is 20.1 Å². The van der Waals surface area contributed by atoms with Crippen molar-refractivity contribution in [2.75, 3.05) is 0 Å². The normalized spacial score (nSPS) is 12.3. The third-order valence-electron chi connectivity index (χ3n) is 2.28. The van der Waals surface area contributed by atoms with Gasteiger partial charge in [-0.1, -0.05) is 12.0 Å². The Kier molecular flexibility index (Phi) is 7.08. The standard InChI is InChI=1S/C17H16O5/c1-4-5-6-7-8-10-16(21-13(2)18)17(22-14(3)19)15-11-9-12-20-15/h4-5,9,11-12,16-17H,1-3H3/t16-,17+/m0/s1. The highest BCUT2D eigenvalue weighted by Gasteiger charge is 2.29. The second-order valence-corrected chi connectivity index (χ2v) is 4.11. The van der Waals surface area contributed by atoms with Crippen LogP contribution in [0.15, 0.2) is 35.0 Å². The maximum absolute atomic E-state index is 11.3. The van der Waals surface area contributed by atoms with Crippen LogP contribution < -0.4 is 0 Å². The van der Waals surface area contributed by atoms with Crippen molar-refractivity contribution in [1.82, 2.24) is 0 Å². The lowest BCUT2D eigenvalue weighted by molar-refractivity contribution is -0.162. The van der Waals surface area contributed by atoms with Crippen LogP contribution >= 0.6 is 0 Å². The predicted octanol–water partition coefficient (Wildman–Crippen LogP) is 2.40. The molecule has 0 unspecified atom stereocenters. The number of carbonyl (C=O) groups is 2. The van der Waals surface area contributed by atoms with E-state index in [4.69, 9.17) is 13.9 Å². The fraction of sp³-hybridized carbons (Fsp3) is 0.294. The molecule has 0 aromatic carbocycles. The third-order valence-corrected chi connectivity index (χ3v) is 2.28. The van der Waals surface area contributed by atoms with Gasteiger partial charge in [0.15, 0.2) is 0 Å². The maximum Gasteiger partial charge on any atom is 0.304 e. The molecule has 1 aromatic heterocycles. The average Bonchev–Trinajstić information content (AvgIpc) is 2.96. The van der Waals surface area contributed by atoms with Gasteiger partial charge in [-0.05, 0) is 42.9 Å². The molecule has 2 atom stereocenters. The first-order valence-electron chi connectivity index (χ1n) is 6.54. The fourth-order valence-electron chi connectivity index (χ4n) is 1.52. The molecular formula is C17H16O5. The Morgan fingerprint density at radius 3 is 2.50 bits per heavy atom. The van der Waals surface area contributed by atoms with Crippen molar-refractivity contribution in [1.29, 1.82) is 0 Å². The van der Waals surface area contributed by atoms with Crippen molar-refractivity contribution in [3.8, 4) is 23.7 Å². The maximum atomic E-state index is 11.3. The van der Waals surface area contributed by atoms with Crippen LogP contribution in [0.3, 0.4) is 0 Å². The predicted molar refractivity (Wildman–Crippen MR) is 79.1 cm³/mol. The van der Waals surface area contributed by atoms with Gasteiger partial charge in [0.2, 0.25) is 12.2 Å². The van der Waals surface area contributed by atoms with Crippen LogP contribution in [0.25, 0.3) is 0 Å². The summed E-state index contributed by atoms with van der Waals surface area (Å²) in [5, 5.41) is 0. The second-order valence-electron chi connectivity index (χ2n) is 4.11. The summed E-state index contributed by atoms with van der Waals surface area (Å²) in [6.07, 6.45) is 2.87. The van der Waals surface area contributed by atoms with Crippen molar-refractivity contribution in [2.24, 2.45) is 0 Å². The largest absolute Gasteiger partial charge is 0.465 e. The summed E-state index contributed by atoms with van der Waals surface area (Å²) < 4.78 is 15.5. The van der Waals surface area contributed by atoms with E-state index in [-0.39, 0.29) is 0 Å². The Balaban J connectivity index is 3.06. The summed E-state index contributed by atoms with van der Waals surface area (Å²) in [5.41, 5.74) is 0. The highest BCUT2D eigenvalue weighted by Crippen LogP contribution is 2.24. The molecule has 0 radical (unpaired) electrons. The molecule has 114 valence electrons. The molecule has 0 saturated carbocycles. The minimum atomic E-state index is -1.01. The molecule has 0 saturated heterocycles. The van der Waals surface area contributed by atoms with Crippen LogP contribution in [0, 0.1) is 23.7 Å². The summed E-state index contributed by atoms with van der Waals surface area (Å²) in [5.74, 6) is 9.74. The summed E-state index contributed by atoms with van der Waals surface area (Å²) in [6.45, 7) is 4.32. The van der Waals surface area contributed by atoms with E-state index < -0.39 is 24.1 Å². The molecule has 0 amide bonds. The number of carbonyl (C=O) groups excluding carboxylic acids is 2. The van der Waals surface area contributed by atoms with Crippen LogP contribution in [0.4, 0.5) is 0 Å². The monoisotopic (exact) mass is 300 g/mol. The van der Waals surface area contributed by atoms with Gasteiger partial charge in [0.25, 0.3) is 0 Å². The molecule has 0 aliphatic heterocycles. The van der Waals surface area contributed by atoms with Gasteiger partial charge in [-0.3, -0.25) is 9.59 Å². The summed E-state index contributed by atoms with van der Waals surface area (Å²) in [4.78, 5) is 22.5. The van der Waals surface area contributed by atoms with Crippen LogP contribution in [0.5, 0.6) is 0 Å². The minimum Gasteiger partial charge on any atom is -0.465 e. The van der Waals surface area contributed by atoms with Gasteiger partial charge in [0, 0.05) is 13.8 Å². The Morgan fingerprint density at radius 1 is 1.23 bits per heavy atom. The van der Waals surface area contributed by atoms with Gasteiger partial charge in [0.05, 0.1) is 6.26 Å². The zero-order valence-electron chi connectivity index (χ0n) is 12.6. The number of furan rings is 1. The molecule has 0 spiro atoms. The first-order chi connectivity index (χ1) is 10.5. The number of hydrogen-bond acceptors (Lipinski definition) is 5. The molecule has 0 aliphatic carbocycles. The summed E-state index contributed by atoms with van der Waals surface area (Å²) >= 11 is 0. The molecule has 5 heteroatoms. The molecule has 1 aromatic rings. The van der Waals surface area contributed by atoms with Crippen LogP contribution in [0.1, 0.15) is 32.6 Å². The lowest BCUT2D eigenvalue weighted by Gasteiger charge is -2.20. The van der Waals surface area contributed by atoms with E-state index >= 15 is 0 Å². The SMILES string of the molecule is CC=CC#CC#C[C@H](OC(C)=O)[C@H](OC(C)=O)c1ccco1. The molecular weight excluding hydrogens is 284 g/mol. The van der Waals surface area contributed by atoms with Crippen molar-refractivity contribution >= 4 is 11.9 Å². The van der Waals surface area contributed by atoms with Gasteiger partial charge in [-0.2, -0.15) is 0 Å². The van der Waals surface area contributed by atoms with Crippen LogP contribution in [-0.2, 0) is 19.1 Å². The van der Waals surface area contributed by atoms with E-state index in [9.17, 15) is 9.59 Å². The van der Waals surface area contributed by atoms with Crippen molar-refractivity contribution in [3.05, 3.63) is 36.3 Å². The van der Waals surface area contributed by atoms with Crippen LogP contribution in [0.2, 0.25) is 0 Å². The number of hydrogen-bond donors (Lipinski definition) is 0. The zero-order valence-corrected chi connectivity index (χ0v) is 12.6. The van der Waals surface area contributed by atoms with E-state index in [0.717, 1.165) is 0 Å². The minimum absolute atomic E-state index is 0.331. The molecule has 0 N–H and O–H groups in total. The first kappa shape index (κ1) is 17.1. The summed E-state index contributed by atoms with van der Waals surface area (Å²) in [7, 11) is 0. The third kappa shape index (κ3) is 6.02. The van der Waals surface area contributed by atoms with Crippen molar-refractivity contribution < 1.29 is 23.5 Å². The zero-order chi connectivity index (χ0) is 16.4. The molecule has 22 heavy (non-hydrogen) atoms. The van der Waals surface area contributed by atoms with Gasteiger partial charge >= 0.3 is 11.9 Å². The smallest absolute Gasteiger partial charge is 0.304 e. The van der Waals surface area contributed by atoms with Crippen LogP contribution in [-0.4, -0.2) is 18.0 Å². The molecule has 1 rings (SSSR count). The molecule has 0 aliphatic rings. The molecule has 1 heterocycles. The van der Waals surface area contributed by atoms with Crippen molar-refractivity contribution in [2.45, 2.75) is 33.0 Å². The highest BCUT2D eigenvalue weighted by molar-refractivity contribution is 5.68. The fourth-order valence-corrected chi connectivity index (χ4v) is 1.52. The average molecular weight is 300 g/mol. The molecule has 5 nitrogen and oxygen atoms in total. The van der Waals surface area contributed by atoms with E-state index in [1.54, 1.807) is 24.3 Å². The van der Waals surface area contributed by atoms with E-state index in [1.807, 2.05) is 6.92 Å². The van der Waals surface area contributed by atoms with Gasteiger partial charge in [-0.15, -0.1) is 0 Å². The number of allylic oxidation sites excluding steroid dienone is 2. The van der Waals surface area contributed by atoms with Gasteiger partial charge in [-0.25, -0.2) is 0 Å². The summed E-state index contributed by atoms with van der Waals surface area (Å²) in [6, 6.07) is 3.24. The van der Waals surface area contributed by atoms with Gasteiger partial charge in [0.1, 0.15) is 5.76 Å². The molecule has 0 fully saturated rings. The Hall–Kier alpha value is -2.92. The van der Waals surface area contributed by atoms with E-state index in [2.05, 4.69) is 23.7 Å². The Labute approximate surface area is 129 Å². The quantitative estimate of drug-likeness (QED) is 0.631. The number of rotatable bonds is 4. The highest BCUT2D eigenvalue weighted by atomic mass is 16.6. The van der Waals surface area contributed by atoms with E-state index in [0.29, 0.717) is 5.76 Å². The Bertz CT molecular complexity index is 647. The molecule has 0 bridgehead atoms. The first-order valence-corrected chi connectivity index (χ1v) is 6.54. The lowest BCUT2D eigenvalue weighted by Crippen LogP contribution is -2.26. The van der Waals surface area contributed by atoms with Gasteiger partial charge < -0.3 is 13.9 Å². The lowest BCUT2D eigenvalue weighted by atomic mass is 10.1. The Morgan fingerprint density at radius 2 is 1.95 bits per heavy atom. The number of esters is 2. The topological polar surface area (TPSA) is 65.7 Å². The number of ether oxygens (including phenoxy) is 2. The second kappa shape index (κ2) is 9.10. The van der Waals surface area contributed by atoms with Crippen molar-refractivity contribution in [3.63, 3.8) is 0 Å².